The summed E-state index contributed by atoms with van der Waals surface area (Å²) in [5.41, 5.74) is -24.7. The summed E-state index contributed by atoms with van der Waals surface area (Å²) in [5, 5.41) is 0. The van der Waals surface area contributed by atoms with Crippen LogP contribution in [0.15, 0.2) is 0 Å². The van der Waals surface area contributed by atoms with Crippen molar-refractivity contribution in [3.63, 3.8) is 0 Å². The molecule has 0 radical (unpaired) electrons. The van der Waals surface area contributed by atoms with Crippen LogP contribution < -0.4 is 10.3 Å². The molecule has 0 aliphatic heterocycles. The molecule has 0 unspecified atom stereocenters. The van der Waals surface area contributed by atoms with Gasteiger partial charge >= 0.3 is 42.1 Å². The van der Waals surface area contributed by atoms with E-state index >= 15 is 0 Å². The van der Waals surface area contributed by atoms with E-state index < -0.39 is 66.3 Å². The quantitative estimate of drug-likeness (QED) is 0.129. The molecule has 0 spiro atoms. The van der Waals surface area contributed by atoms with Crippen molar-refractivity contribution < 1.29 is 90.8 Å². The third-order valence-electron chi connectivity index (χ3n) is 5.55. The van der Waals surface area contributed by atoms with Gasteiger partial charge in [0.2, 0.25) is 0 Å². The van der Waals surface area contributed by atoms with Crippen molar-refractivity contribution in [2.75, 3.05) is 26.2 Å². The van der Waals surface area contributed by atoms with Gasteiger partial charge in [0.1, 0.15) is 0 Å². The van der Waals surface area contributed by atoms with Gasteiger partial charge in [-0.05, 0) is 25.7 Å². The topological polar surface area (TPSA) is 198 Å². The van der Waals surface area contributed by atoms with Crippen molar-refractivity contribution in [1.82, 2.24) is 10.3 Å². The SMILES string of the molecule is CCCC[N+](CCCC)(CCCC)CCCC.N.O=S(=O)(NS(=O)(=O)C(F)(F)F)C(F)(F)F.O=S(=O)([N-]S(=O)(=O)C(F)(F)F)C(F)(F)F. The Kier molecular flexibility index (Phi) is 23.0. The molecule has 0 saturated carbocycles. The van der Waals surface area contributed by atoms with Crippen LogP contribution in [0.3, 0.4) is 0 Å². The summed E-state index contributed by atoms with van der Waals surface area (Å²) in [7, 11) is -26.6. The first kappa shape index (κ1) is 53.6. The first-order valence-electron chi connectivity index (χ1n) is 13.3. The number of hydrogen-bond donors (Lipinski definition) is 2. The molecule has 0 atom stereocenters. The predicted molar refractivity (Wildman–Crippen MR) is 151 cm³/mol. The highest BCUT2D eigenvalue weighted by molar-refractivity contribution is 8.13. The maximum Gasteiger partial charge on any atom is 0.512 e. The average molecular weight is 821 g/mol. The maximum atomic E-state index is 11.5. The van der Waals surface area contributed by atoms with Gasteiger partial charge in [-0.3, -0.25) is 0 Å². The lowest BCUT2D eigenvalue weighted by Gasteiger charge is -2.39. The van der Waals surface area contributed by atoms with Crippen LogP contribution in [0.5, 0.6) is 0 Å². The first-order valence-corrected chi connectivity index (χ1v) is 19.1. The minimum atomic E-state index is -6.72. The number of sulfonamides is 4. The summed E-state index contributed by atoms with van der Waals surface area (Å²) >= 11 is 0. The Bertz CT molecular complexity index is 1140. The Hall–Kier alpha value is -1.20. The highest BCUT2D eigenvalue weighted by Gasteiger charge is 2.55. The van der Waals surface area contributed by atoms with Gasteiger partial charge in [0, 0.05) is 0 Å². The molecule has 0 fully saturated rings. The molecule has 0 aliphatic carbocycles. The zero-order valence-corrected chi connectivity index (χ0v) is 29.3. The van der Waals surface area contributed by atoms with Crippen LogP contribution >= 0.6 is 0 Å². The van der Waals surface area contributed by atoms with Gasteiger partial charge < -0.3 is 14.8 Å². The van der Waals surface area contributed by atoms with Gasteiger partial charge in [0.15, 0.2) is 20.0 Å². The molecule has 4 N–H and O–H groups in total. The molecule has 12 nitrogen and oxygen atoms in total. The summed E-state index contributed by atoms with van der Waals surface area (Å²) < 4.78 is 219. The molecule has 0 aromatic carbocycles. The van der Waals surface area contributed by atoms with Crippen LogP contribution in [0.1, 0.15) is 79.1 Å². The smallest absolute Gasteiger partial charge is 0.421 e. The maximum absolute atomic E-state index is 11.5. The summed E-state index contributed by atoms with van der Waals surface area (Å²) in [6, 6.07) is 0. The minimum Gasteiger partial charge on any atom is -0.421 e. The Morgan fingerprint density at radius 2 is 0.667 bits per heavy atom. The fourth-order valence-electron chi connectivity index (χ4n) is 3.10. The number of hydrogen-bond acceptors (Lipinski definition) is 9. The van der Waals surface area contributed by atoms with Crippen LogP contribution in [0.4, 0.5) is 52.7 Å². The molecule has 0 heterocycles. The van der Waals surface area contributed by atoms with Gasteiger partial charge in [0.05, 0.1) is 26.2 Å². The zero-order chi connectivity index (χ0) is 38.4. The van der Waals surface area contributed by atoms with Crippen molar-refractivity contribution in [2.24, 2.45) is 0 Å². The third kappa shape index (κ3) is 19.3. The summed E-state index contributed by atoms with van der Waals surface area (Å²) in [4.78, 5) is 0. The molecule has 0 saturated heterocycles. The molecule has 0 amide bonds. The van der Waals surface area contributed by atoms with E-state index in [4.69, 9.17) is 0 Å². The minimum absolute atomic E-state index is 0. The second kappa shape index (κ2) is 20.6. The molecule has 28 heteroatoms. The first-order chi connectivity index (χ1) is 20.7. The van der Waals surface area contributed by atoms with Crippen molar-refractivity contribution in [3.05, 3.63) is 4.13 Å². The molecule has 0 aliphatic rings. The fourth-order valence-corrected chi connectivity index (χ4v) is 6.72. The van der Waals surface area contributed by atoms with E-state index in [1.807, 2.05) is 0 Å². The van der Waals surface area contributed by atoms with Crippen molar-refractivity contribution >= 4 is 40.1 Å². The van der Waals surface area contributed by atoms with E-state index in [2.05, 4.69) is 27.7 Å². The average Bonchev–Trinajstić information content (AvgIpc) is 2.85. The molecule has 0 aromatic heterocycles. The number of alkyl halides is 12. The number of nitrogens with one attached hydrogen (secondary N) is 1. The highest BCUT2D eigenvalue weighted by Crippen LogP contribution is 2.36. The summed E-state index contributed by atoms with van der Waals surface area (Å²) in [5.74, 6) is 0. The number of quaternary nitrogens is 1. The van der Waals surface area contributed by atoms with Gasteiger partial charge in [-0.15, -0.1) is 0 Å². The monoisotopic (exact) mass is 820 g/mol. The van der Waals surface area contributed by atoms with Gasteiger partial charge in [0.25, 0.3) is 0 Å². The lowest BCUT2D eigenvalue weighted by molar-refractivity contribution is -0.929. The number of rotatable bonds is 16. The summed E-state index contributed by atoms with van der Waals surface area (Å²) in [6.45, 7) is 15.0. The van der Waals surface area contributed by atoms with E-state index in [9.17, 15) is 86.4 Å². The molecule has 296 valence electrons. The standard InChI is InChI=1S/C16H36N.C2HF6NO4S2.C2F6NO4S2.H3N/c1-5-9-13-17(14-10-6-2,15-11-7-3)16-12-8-4;2*3-1(4,5)14(10,11)9-15(12,13)2(6,7)8;/h5-16H2,1-4H3;9H;;1H3/q+1;;-1;. The van der Waals surface area contributed by atoms with E-state index in [1.54, 1.807) is 0 Å². The zero-order valence-electron chi connectivity index (χ0n) is 26.0. The molecular weight excluding hydrogens is 780 g/mol. The van der Waals surface area contributed by atoms with Gasteiger partial charge in [-0.1, -0.05) is 57.5 Å². The Morgan fingerprint density at radius 3 is 0.812 bits per heavy atom. The van der Waals surface area contributed by atoms with Crippen molar-refractivity contribution in [1.29, 1.82) is 0 Å². The second-order valence-electron chi connectivity index (χ2n) is 9.55. The molecule has 0 bridgehead atoms. The molecule has 0 aromatic rings. The van der Waals surface area contributed by atoms with E-state index in [0.29, 0.717) is 0 Å². The molecule has 0 rings (SSSR count). The Labute approximate surface area is 272 Å². The van der Waals surface area contributed by atoms with Crippen LogP contribution in [0, 0.1) is 0 Å². The van der Waals surface area contributed by atoms with E-state index in [0.717, 1.165) is 4.13 Å². The molecular formula is C20H40F12N4O8S4. The lowest BCUT2D eigenvalue weighted by Crippen LogP contribution is -2.50. The largest absolute Gasteiger partial charge is 0.512 e. The summed E-state index contributed by atoms with van der Waals surface area (Å²) in [6.07, 6.45) is 11.1. The number of halogens is 12. The number of nitrogens with zero attached hydrogens (tertiary/aromatic N) is 2. The fraction of sp³-hybridized carbons (Fsp3) is 1.00. The van der Waals surface area contributed by atoms with Gasteiger partial charge in [-0.25, -0.2) is 33.7 Å². The van der Waals surface area contributed by atoms with Crippen LogP contribution in [0.25, 0.3) is 4.13 Å². The van der Waals surface area contributed by atoms with E-state index in [-0.39, 0.29) is 6.15 Å². The highest BCUT2D eigenvalue weighted by atomic mass is 32.3. The normalized spacial score (nSPS) is 13.8. The number of unbranched alkanes of at least 4 members (excludes halogenated alkanes) is 4. The van der Waals surface area contributed by atoms with E-state index in [1.165, 1.54) is 82.0 Å². The van der Waals surface area contributed by atoms with Crippen LogP contribution in [-0.2, 0) is 40.1 Å². The van der Waals surface area contributed by atoms with Crippen molar-refractivity contribution in [2.45, 2.75) is 101 Å². The lowest BCUT2D eigenvalue weighted by atomic mass is 10.1. The Morgan fingerprint density at radius 1 is 0.458 bits per heavy atom. The Balaban J connectivity index is -0.000000300. The molecule has 48 heavy (non-hydrogen) atoms. The van der Waals surface area contributed by atoms with Crippen LogP contribution in [0.2, 0.25) is 0 Å². The second-order valence-corrected chi connectivity index (χ2v) is 16.6. The third-order valence-corrected chi connectivity index (χ3v) is 11.3. The van der Waals surface area contributed by atoms with Gasteiger partial charge in [-0.2, -0.15) is 52.7 Å². The van der Waals surface area contributed by atoms with Crippen molar-refractivity contribution in [3.8, 4) is 0 Å². The van der Waals surface area contributed by atoms with Crippen LogP contribution in [-0.4, -0.2) is 86.4 Å². The predicted octanol–water partition coefficient (Wildman–Crippen LogP) is 6.50.